The standard InChI is InChI=1S/C19H28O3/c20-18-10-5-15(6-11-18)2-1-14-3-7-16(8-4-14)17-9-12-19(21)22-13-17/h5-6,10-11,14,16-17,19-21H,1-4,7-9,12-13H2. The van der Waals surface area contributed by atoms with Gasteiger partial charge < -0.3 is 14.9 Å². The maximum atomic E-state index is 9.42. The topological polar surface area (TPSA) is 49.7 Å². The molecule has 3 heteroatoms. The zero-order chi connectivity index (χ0) is 15.4. The predicted molar refractivity (Wildman–Crippen MR) is 86.6 cm³/mol. The summed E-state index contributed by atoms with van der Waals surface area (Å²) in [6.07, 6.45) is 9.12. The monoisotopic (exact) mass is 304 g/mol. The van der Waals surface area contributed by atoms with Gasteiger partial charge in [0.25, 0.3) is 0 Å². The van der Waals surface area contributed by atoms with Crippen molar-refractivity contribution in [2.75, 3.05) is 6.61 Å². The average Bonchev–Trinajstić information content (AvgIpc) is 2.56. The molecule has 0 aromatic heterocycles. The molecular weight excluding hydrogens is 276 g/mol. The first-order chi connectivity index (χ1) is 10.7. The highest BCUT2D eigenvalue weighted by molar-refractivity contribution is 5.25. The predicted octanol–water partition coefficient (Wildman–Crippen LogP) is 3.88. The SMILES string of the molecule is Oc1ccc(CCC2CCC(C3CCC(O)OC3)CC2)cc1. The van der Waals surface area contributed by atoms with Gasteiger partial charge in [0.2, 0.25) is 0 Å². The Morgan fingerprint density at radius 3 is 2.23 bits per heavy atom. The molecule has 3 nitrogen and oxygen atoms in total. The summed E-state index contributed by atoms with van der Waals surface area (Å²) in [6.45, 7) is 0.754. The van der Waals surface area contributed by atoms with Gasteiger partial charge in [-0.1, -0.05) is 25.0 Å². The van der Waals surface area contributed by atoms with Gasteiger partial charge in [0.15, 0.2) is 6.29 Å². The molecular formula is C19H28O3. The lowest BCUT2D eigenvalue weighted by Gasteiger charge is -2.36. The number of aryl methyl sites for hydroxylation is 1. The lowest BCUT2D eigenvalue weighted by atomic mass is 9.73. The second-order valence-corrected chi connectivity index (χ2v) is 7.11. The second-order valence-electron chi connectivity index (χ2n) is 7.11. The lowest BCUT2D eigenvalue weighted by molar-refractivity contribution is -0.149. The summed E-state index contributed by atoms with van der Waals surface area (Å²) < 4.78 is 5.42. The molecule has 1 heterocycles. The number of benzene rings is 1. The molecule has 22 heavy (non-hydrogen) atoms. The Hall–Kier alpha value is -1.06. The van der Waals surface area contributed by atoms with Gasteiger partial charge in [-0.3, -0.25) is 0 Å². The molecule has 2 aliphatic rings. The Morgan fingerprint density at radius 1 is 0.909 bits per heavy atom. The average molecular weight is 304 g/mol. The Morgan fingerprint density at radius 2 is 1.59 bits per heavy atom. The minimum absolute atomic E-state index is 0.351. The third-order valence-corrected chi connectivity index (χ3v) is 5.62. The fourth-order valence-corrected chi connectivity index (χ4v) is 4.11. The maximum absolute atomic E-state index is 9.42. The van der Waals surface area contributed by atoms with Gasteiger partial charge in [-0.15, -0.1) is 0 Å². The number of phenolic OH excluding ortho intramolecular Hbond substituents is 1. The van der Waals surface area contributed by atoms with Crippen molar-refractivity contribution in [3.8, 4) is 5.75 Å². The van der Waals surface area contributed by atoms with Crippen molar-refractivity contribution in [3.05, 3.63) is 29.8 Å². The molecule has 2 unspecified atom stereocenters. The van der Waals surface area contributed by atoms with E-state index in [4.69, 9.17) is 4.74 Å². The van der Waals surface area contributed by atoms with Crippen LogP contribution in [0.25, 0.3) is 0 Å². The van der Waals surface area contributed by atoms with Crippen LogP contribution in [0.3, 0.4) is 0 Å². The summed E-state index contributed by atoms with van der Waals surface area (Å²) in [5.41, 5.74) is 1.33. The van der Waals surface area contributed by atoms with Crippen molar-refractivity contribution < 1.29 is 14.9 Å². The number of aromatic hydroxyl groups is 1. The highest BCUT2D eigenvalue weighted by Crippen LogP contribution is 2.38. The van der Waals surface area contributed by atoms with Crippen LogP contribution in [0.1, 0.15) is 50.5 Å². The van der Waals surface area contributed by atoms with Crippen molar-refractivity contribution >= 4 is 0 Å². The van der Waals surface area contributed by atoms with Gasteiger partial charge in [0.05, 0.1) is 6.61 Å². The quantitative estimate of drug-likeness (QED) is 0.887. The molecule has 2 atom stereocenters. The van der Waals surface area contributed by atoms with E-state index in [1.807, 2.05) is 12.1 Å². The first kappa shape index (κ1) is 15.8. The largest absolute Gasteiger partial charge is 0.508 e. The number of ether oxygens (including phenoxy) is 1. The molecule has 1 aromatic rings. The second kappa shape index (κ2) is 7.47. The van der Waals surface area contributed by atoms with Crippen LogP contribution in [0.4, 0.5) is 0 Å². The lowest BCUT2D eigenvalue weighted by Crippen LogP contribution is -2.32. The summed E-state index contributed by atoms with van der Waals surface area (Å²) in [7, 11) is 0. The Bertz CT molecular complexity index is 440. The van der Waals surface area contributed by atoms with E-state index in [2.05, 4.69) is 0 Å². The summed E-state index contributed by atoms with van der Waals surface area (Å²) in [4.78, 5) is 0. The molecule has 0 radical (unpaired) electrons. The Kier molecular flexibility index (Phi) is 5.37. The number of hydrogen-bond donors (Lipinski definition) is 2. The first-order valence-corrected chi connectivity index (χ1v) is 8.78. The molecule has 1 saturated heterocycles. The van der Waals surface area contributed by atoms with E-state index in [-0.39, 0.29) is 0 Å². The maximum Gasteiger partial charge on any atom is 0.154 e. The van der Waals surface area contributed by atoms with Crippen LogP contribution in [0.15, 0.2) is 24.3 Å². The van der Waals surface area contributed by atoms with Gasteiger partial charge in [-0.05, 0) is 74.0 Å². The summed E-state index contributed by atoms with van der Waals surface area (Å²) in [6, 6.07) is 7.63. The summed E-state index contributed by atoms with van der Waals surface area (Å²) in [5.74, 6) is 2.67. The Labute approximate surface area is 133 Å². The van der Waals surface area contributed by atoms with Gasteiger partial charge in [0.1, 0.15) is 5.75 Å². The van der Waals surface area contributed by atoms with E-state index < -0.39 is 6.29 Å². The normalized spacial score (nSPS) is 32.8. The van der Waals surface area contributed by atoms with Crippen molar-refractivity contribution in [1.29, 1.82) is 0 Å². The van der Waals surface area contributed by atoms with Crippen molar-refractivity contribution in [2.24, 2.45) is 17.8 Å². The third kappa shape index (κ3) is 4.23. The van der Waals surface area contributed by atoms with E-state index in [1.165, 1.54) is 37.7 Å². The number of phenols is 1. The van der Waals surface area contributed by atoms with Crippen LogP contribution in [0, 0.1) is 17.8 Å². The molecule has 0 bridgehead atoms. The molecule has 3 rings (SSSR count). The zero-order valence-electron chi connectivity index (χ0n) is 13.3. The van der Waals surface area contributed by atoms with Crippen LogP contribution in [0.2, 0.25) is 0 Å². The van der Waals surface area contributed by atoms with Crippen LogP contribution in [-0.4, -0.2) is 23.1 Å². The Balaban J connectivity index is 1.39. The minimum atomic E-state index is -0.516. The number of hydrogen-bond acceptors (Lipinski definition) is 3. The van der Waals surface area contributed by atoms with Gasteiger partial charge in [0, 0.05) is 0 Å². The van der Waals surface area contributed by atoms with Crippen molar-refractivity contribution in [2.45, 2.75) is 57.7 Å². The highest BCUT2D eigenvalue weighted by atomic mass is 16.6. The smallest absolute Gasteiger partial charge is 0.154 e. The zero-order valence-corrected chi connectivity index (χ0v) is 13.3. The van der Waals surface area contributed by atoms with Crippen molar-refractivity contribution in [3.63, 3.8) is 0 Å². The van der Waals surface area contributed by atoms with Crippen LogP contribution < -0.4 is 0 Å². The van der Waals surface area contributed by atoms with E-state index in [9.17, 15) is 10.2 Å². The van der Waals surface area contributed by atoms with E-state index in [0.29, 0.717) is 11.7 Å². The number of aliphatic hydroxyl groups excluding tert-OH is 1. The molecule has 1 aliphatic carbocycles. The molecule has 2 fully saturated rings. The first-order valence-electron chi connectivity index (χ1n) is 8.78. The van der Waals surface area contributed by atoms with Crippen LogP contribution >= 0.6 is 0 Å². The number of rotatable bonds is 4. The number of aliphatic hydroxyl groups is 1. The van der Waals surface area contributed by atoms with E-state index >= 15 is 0 Å². The van der Waals surface area contributed by atoms with E-state index in [1.54, 1.807) is 12.1 Å². The molecule has 0 spiro atoms. The molecule has 1 saturated carbocycles. The van der Waals surface area contributed by atoms with Gasteiger partial charge in [-0.25, -0.2) is 0 Å². The fraction of sp³-hybridized carbons (Fsp3) is 0.684. The molecule has 0 amide bonds. The fourth-order valence-electron chi connectivity index (χ4n) is 4.11. The van der Waals surface area contributed by atoms with E-state index in [0.717, 1.165) is 37.7 Å². The molecule has 1 aliphatic heterocycles. The van der Waals surface area contributed by atoms with Gasteiger partial charge >= 0.3 is 0 Å². The molecule has 2 N–H and O–H groups in total. The van der Waals surface area contributed by atoms with Crippen LogP contribution in [0.5, 0.6) is 5.75 Å². The summed E-state index contributed by atoms with van der Waals surface area (Å²) in [5, 5.41) is 18.7. The van der Waals surface area contributed by atoms with Crippen LogP contribution in [-0.2, 0) is 11.2 Å². The van der Waals surface area contributed by atoms with Crippen molar-refractivity contribution in [1.82, 2.24) is 0 Å². The van der Waals surface area contributed by atoms with Gasteiger partial charge in [-0.2, -0.15) is 0 Å². The molecule has 122 valence electrons. The highest BCUT2D eigenvalue weighted by Gasteiger charge is 2.30. The summed E-state index contributed by atoms with van der Waals surface area (Å²) >= 11 is 0. The third-order valence-electron chi connectivity index (χ3n) is 5.62. The molecule has 1 aromatic carbocycles. The minimum Gasteiger partial charge on any atom is -0.508 e.